The molecule has 1 aliphatic rings. The summed E-state index contributed by atoms with van der Waals surface area (Å²) < 4.78 is 45.8. The van der Waals surface area contributed by atoms with Crippen molar-refractivity contribution in [1.29, 1.82) is 0 Å². The molecule has 2 amide bonds. The SMILES string of the molecule is [2H]C([2H])([2H])NC(=O)c1ccc(O[C@H]2CN(C(=O)OC(C)(C)C)[C@@H]2C)c(F)n1. The van der Waals surface area contributed by atoms with E-state index in [-0.39, 0.29) is 24.0 Å². The van der Waals surface area contributed by atoms with Gasteiger partial charge in [0.05, 0.1) is 12.6 Å². The molecule has 1 aromatic heterocycles. The van der Waals surface area contributed by atoms with E-state index in [0.29, 0.717) is 0 Å². The molecular formula is C16H22FN3O4. The number of carbonyl (C=O) groups is 2. The van der Waals surface area contributed by atoms with Crippen molar-refractivity contribution < 1.29 is 27.6 Å². The van der Waals surface area contributed by atoms with Gasteiger partial charge >= 0.3 is 6.09 Å². The predicted octanol–water partition coefficient (Wildman–Crippen LogP) is 1.97. The van der Waals surface area contributed by atoms with Gasteiger partial charge in [-0.1, -0.05) is 0 Å². The number of amides is 2. The number of hydrogen-bond acceptors (Lipinski definition) is 5. The van der Waals surface area contributed by atoms with Crippen LogP contribution in [0.3, 0.4) is 0 Å². The standard InChI is InChI=1S/C16H22FN3O4/c1-9-12(8-20(9)15(22)24-16(2,3)4)23-11-7-6-10(14(21)18-5)19-13(11)17/h6-7,9,12H,8H2,1-5H3,(H,18,21)/t9-,12+/m1/s1/i5D3. The third-order valence-corrected chi connectivity index (χ3v) is 3.47. The molecule has 2 heterocycles. The van der Waals surface area contributed by atoms with E-state index in [1.165, 1.54) is 11.0 Å². The van der Waals surface area contributed by atoms with Crippen molar-refractivity contribution in [3.63, 3.8) is 0 Å². The largest absolute Gasteiger partial charge is 0.482 e. The first-order valence-corrected chi connectivity index (χ1v) is 7.42. The van der Waals surface area contributed by atoms with Gasteiger partial charge in [0.2, 0.25) is 0 Å². The topological polar surface area (TPSA) is 80.8 Å². The van der Waals surface area contributed by atoms with Crippen molar-refractivity contribution in [3.05, 3.63) is 23.8 Å². The van der Waals surface area contributed by atoms with Crippen LogP contribution in [0.1, 0.15) is 42.3 Å². The number of carbonyl (C=O) groups excluding carboxylic acids is 2. The van der Waals surface area contributed by atoms with E-state index in [0.717, 1.165) is 6.07 Å². The Kier molecular flexibility index (Phi) is 3.86. The van der Waals surface area contributed by atoms with Gasteiger partial charge in [-0.05, 0) is 39.8 Å². The van der Waals surface area contributed by atoms with Crippen LogP contribution in [-0.4, -0.2) is 53.2 Å². The van der Waals surface area contributed by atoms with Gasteiger partial charge in [-0.25, -0.2) is 9.78 Å². The van der Waals surface area contributed by atoms with Gasteiger partial charge in [-0.3, -0.25) is 9.69 Å². The van der Waals surface area contributed by atoms with Gasteiger partial charge in [0.15, 0.2) is 5.75 Å². The summed E-state index contributed by atoms with van der Waals surface area (Å²) in [6.45, 7) is 4.53. The highest BCUT2D eigenvalue weighted by atomic mass is 19.1. The Labute approximate surface area is 144 Å². The minimum atomic E-state index is -2.70. The maximum atomic E-state index is 14.1. The first-order chi connectivity index (χ1) is 12.3. The fraction of sp³-hybridized carbons (Fsp3) is 0.562. The van der Waals surface area contributed by atoms with E-state index >= 15 is 0 Å². The molecule has 1 aromatic rings. The molecule has 2 rings (SSSR count). The minimum absolute atomic E-state index is 0.193. The van der Waals surface area contributed by atoms with E-state index in [1.807, 2.05) is 0 Å². The molecule has 1 saturated heterocycles. The maximum Gasteiger partial charge on any atom is 0.410 e. The molecule has 7 nitrogen and oxygen atoms in total. The second-order valence-electron chi connectivity index (χ2n) is 6.47. The summed E-state index contributed by atoms with van der Waals surface area (Å²) in [4.78, 5) is 28.6. The number of pyridine rings is 1. The number of rotatable bonds is 3. The lowest BCUT2D eigenvalue weighted by Crippen LogP contribution is -2.63. The molecule has 0 radical (unpaired) electrons. The monoisotopic (exact) mass is 342 g/mol. The number of likely N-dealkylation sites (tertiary alicyclic amines) is 1. The Morgan fingerprint density at radius 1 is 1.46 bits per heavy atom. The molecule has 0 unspecified atom stereocenters. The first-order valence-electron chi connectivity index (χ1n) is 8.92. The quantitative estimate of drug-likeness (QED) is 0.850. The zero-order valence-electron chi connectivity index (χ0n) is 16.9. The molecule has 2 atom stereocenters. The van der Waals surface area contributed by atoms with Crippen molar-refractivity contribution in [1.82, 2.24) is 15.2 Å². The van der Waals surface area contributed by atoms with Crippen molar-refractivity contribution in [2.75, 3.05) is 13.5 Å². The molecule has 0 aliphatic carbocycles. The summed E-state index contributed by atoms with van der Waals surface area (Å²) in [7, 11) is 0. The van der Waals surface area contributed by atoms with Crippen LogP contribution in [0, 0.1) is 5.95 Å². The van der Waals surface area contributed by atoms with Crippen LogP contribution in [0.2, 0.25) is 0 Å². The van der Waals surface area contributed by atoms with E-state index in [9.17, 15) is 14.0 Å². The molecule has 1 fully saturated rings. The highest BCUT2D eigenvalue weighted by molar-refractivity contribution is 5.92. The number of aromatic nitrogens is 1. The summed E-state index contributed by atoms with van der Waals surface area (Å²) >= 11 is 0. The first kappa shape index (κ1) is 14.0. The molecule has 0 saturated carbocycles. The molecule has 132 valence electrons. The maximum absolute atomic E-state index is 14.1. The highest BCUT2D eigenvalue weighted by Crippen LogP contribution is 2.27. The van der Waals surface area contributed by atoms with Crippen molar-refractivity contribution in [2.45, 2.75) is 45.4 Å². The van der Waals surface area contributed by atoms with Crippen LogP contribution in [0.5, 0.6) is 5.75 Å². The van der Waals surface area contributed by atoms with Crippen molar-refractivity contribution in [3.8, 4) is 5.75 Å². The second-order valence-corrected chi connectivity index (χ2v) is 6.47. The van der Waals surface area contributed by atoms with Crippen LogP contribution in [-0.2, 0) is 4.74 Å². The molecule has 0 spiro atoms. The number of hydrogen-bond donors (Lipinski definition) is 1. The van der Waals surface area contributed by atoms with Crippen LogP contribution in [0.15, 0.2) is 12.1 Å². The summed E-state index contributed by atoms with van der Waals surface area (Å²) in [5, 5.41) is 1.72. The third kappa shape index (κ3) is 3.93. The number of ether oxygens (including phenoxy) is 2. The van der Waals surface area contributed by atoms with Gasteiger partial charge in [-0.2, -0.15) is 4.39 Å². The van der Waals surface area contributed by atoms with Gasteiger partial charge in [0.1, 0.15) is 17.4 Å². The summed E-state index contributed by atoms with van der Waals surface area (Å²) in [6, 6.07) is 2.02. The molecule has 8 heteroatoms. The van der Waals surface area contributed by atoms with E-state index < -0.39 is 36.6 Å². The van der Waals surface area contributed by atoms with Gasteiger partial charge in [-0.15, -0.1) is 0 Å². The molecule has 1 aliphatic heterocycles. The molecule has 0 bridgehead atoms. The average molecular weight is 342 g/mol. The molecule has 24 heavy (non-hydrogen) atoms. The van der Waals surface area contributed by atoms with Gasteiger partial charge < -0.3 is 14.8 Å². The fourth-order valence-electron chi connectivity index (χ4n) is 2.14. The van der Waals surface area contributed by atoms with Crippen LogP contribution >= 0.6 is 0 Å². The lowest BCUT2D eigenvalue weighted by Gasteiger charge is -2.45. The van der Waals surface area contributed by atoms with Crippen molar-refractivity contribution in [2.24, 2.45) is 0 Å². The zero-order chi connectivity index (χ0) is 20.6. The van der Waals surface area contributed by atoms with Crippen LogP contribution in [0.4, 0.5) is 9.18 Å². The van der Waals surface area contributed by atoms with Crippen molar-refractivity contribution >= 4 is 12.0 Å². The normalized spacial score (nSPS) is 22.5. The Morgan fingerprint density at radius 2 is 2.17 bits per heavy atom. The smallest absolute Gasteiger partial charge is 0.410 e. The Hall–Kier alpha value is -2.38. The number of halogens is 1. The van der Waals surface area contributed by atoms with E-state index in [1.54, 1.807) is 33.0 Å². The Bertz CT molecular complexity index is 737. The number of nitrogens with zero attached hydrogens (tertiary/aromatic N) is 2. The Morgan fingerprint density at radius 3 is 2.71 bits per heavy atom. The molecule has 0 aromatic carbocycles. The minimum Gasteiger partial charge on any atom is -0.482 e. The van der Waals surface area contributed by atoms with Gasteiger partial charge in [0, 0.05) is 11.1 Å². The lowest BCUT2D eigenvalue weighted by atomic mass is 10.0. The fourth-order valence-corrected chi connectivity index (χ4v) is 2.14. The highest BCUT2D eigenvalue weighted by Gasteiger charge is 2.42. The molecule has 1 N–H and O–H groups in total. The lowest BCUT2D eigenvalue weighted by molar-refractivity contribution is -0.0547. The number of nitrogens with one attached hydrogen (secondary N) is 1. The van der Waals surface area contributed by atoms with Crippen LogP contribution in [0.25, 0.3) is 0 Å². The average Bonchev–Trinajstić information content (AvgIpc) is 2.48. The predicted molar refractivity (Wildman–Crippen MR) is 84.4 cm³/mol. The van der Waals surface area contributed by atoms with E-state index in [4.69, 9.17) is 13.6 Å². The van der Waals surface area contributed by atoms with Gasteiger partial charge in [0.25, 0.3) is 11.9 Å². The zero-order valence-corrected chi connectivity index (χ0v) is 13.9. The summed E-state index contributed by atoms with van der Waals surface area (Å²) in [5.41, 5.74) is -1.00. The summed E-state index contributed by atoms with van der Waals surface area (Å²) in [5.74, 6) is -2.26. The summed E-state index contributed by atoms with van der Waals surface area (Å²) in [6.07, 6.45) is -0.944. The van der Waals surface area contributed by atoms with E-state index in [2.05, 4.69) is 4.98 Å². The molecular weight excluding hydrogens is 317 g/mol. The van der Waals surface area contributed by atoms with Crippen LogP contribution < -0.4 is 10.1 Å². The second kappa shape index (κ2) is 6.62. The third-order valence-electron chi connectivity index (χ3n) is 3.47. The Balaban J connectivity index is 1.97.